The van der Waals surface area contributed by atoms with E-state index in [1.807, 2.05) is 0 Å². The molecule has 0 bridgehead atoms. The summed E-state index contributed by atoms with van der Waals surface area (Å²) >= 11 is 1.45. The largest absolute Gasteiger partial charge is 0.484 e. The van der Waals surface area contributed by atoms with Crippen molar-refractivity contribution < 1.29 is 23.9 Å². The third-order valence-corrected chi connectivity index (χ3v) is 6.04. The van der Waals surface area contributed by atoms with Gasteiger partial charge in [-0.3, -0.25) is 9.59 Å². The number of esters is 1. The minimum absolute atomic E-state index is 0.0308. The van der Waals surface area contributed by atoms with Crippen LogP contribution in [0.1, 0.15) is 58.3 Å². The van der Waals surface area contributed by atoms with E-state index in [1.165, 1.54) is 18.3 Å². The van der Waals surface area contributed by atoms with Crippen LogP contribution in [0.3, 0.4) is 0 Å². The van der Waals surface area contributed by atoms with Gasteiger partial charge in [-0.25, -0.2) is 4.79 Å². The van der Waals surface area contributed by atoms with Crippen LogP contribution in [0.25, 0.3) is 0 Å². The number of ketones is 1. The number of rotatable bonds is 7. The molecule has 1 unspecified atom stereocenters. The Hall–Kier alpha value is -2.67. The normalized spacial score (nSPS) is 15.3. The zero-order valence-electron chi connectivity index (χ0n) is 16.9. The van der Waals surface area contributed by atoms with Crippen LogP contribution < -0.4 is 10.1 Å². The average Bonchev–Trinajstić information content (AvgIpc) is 3.03. The highest BCUT2D eigenvalue weighted by molar-refractivity contribution is 7.17. The van der Waals surface area contributed by atoms with E-state index in [4.69, 9.17) is 9.47 Å². The number of hydrogen-bond donors (Lipinski definition) is 1. The second-order valence-electron chi connectivity index (χ2n) is 7.19. The fourth-order valence-electron chi connectivity index (χ4n) is 3.36. The smallest absolute Gasteiger partial charge is 0.341 e. The quantitative estimate of drug-likeness (QED) is 0.539. The molecule has 0 spiro atoms. The van der Waals surface area contributed by atoms with Crippen LogP contribution in [0.5, 0.6) is 5.75 Å². The number of thiophene rings is 1. The molecule has 0 fully saturated rings. The monoisotopic (exact) mass is 415 g/mol. The van der Waals surface area contributed by atoms with E-state index in [1.54, 1.807) is 31.2 Å². The summed E-state index contributed by atoms with van der Waals surface area (Å²) in [5.74, 6) is 0.279. The molecule has 154 valence electrons. The summed E-state index contributed by atoms with van der Waals surface area (Å²) in [7, 11) is 0. The lowest BCUT2D eigenvalue weighted by atomic mass is 9.88. The minimum Gasteiger partial charge on any atom is -0.484 e. The molecule has 0 aliphatic heterocycles. The molecule has 2 aromatic rings. The lowest BCUT2D eigenvalue weighted by molar-refractivity contribution is -0.118. The maximum absolute atomic E-state index is 12.5. The topological polar surface area (TPSA) is 81.7 Å². The highest BCUT2D eigenvalue weighted by Crippen LogP contribution is 2.40. The Balaban J connectivity index is 1.70. The lowest BCUT2D eigenvalue weighted by Crippen LogP contribution is -2.21. The number of hydrogen-bond acceptors (Lipinski definition) is 6. The third kappa shape index (κ3) is 5.03. The summed E-state index contributed by atoms with van der Waals surface area (Å²) in [5, 5.41) is 3.35. The van der Waals surface area contributed by atoms with Gasteiger partial charge in [-0.05, 0) is 68.9 Å². The highest BCUT2D eigenvalue weighted by Gasteiger charge is 2.29. The molecule has 1 atom stereocenters. The molecule has 1 amide bonds. The van der Waals surface area contributed by atoms with Crippen molar-refractivity contribution in [1.29, 1.82) is 0 Å². The zero-order chi connectivity index (χ0) is 21.0. The Kier molecular flexibility index (Phi) is 6.69. The van der Waals surface area contributed by atoms with Gasteiger partial charge in [-0.15, -0.1) is 11.3 Å². The van der Waals surface area contributed by atoms with Crippen molar-refractivity contribution in [3.05, 3.63) is 45.8 Å². The van der Waals surface area contributed by atoms with Gasteiger partial charge in [0, 0.05) is 10.4 Å². The lowest BCUT2D eigenvalue weighted by Gasteiger charge is -2.18. The predicted octanol–water partition coefficient (Wildman–Crippen LogP) is 4.27. The van der Waals surface area contributed by atoms with Crippen molar-refractivity contribution in [2.24, 2.45) is 5.92 Å². The molecule has 1 aromatic carbocycles. The van der Waals surface area contributed by atoms with E-state index in [0.29, 0.717) is 27.8 Å². The van der Waals surface area contributed by atoms with Crippen LogP contribution in [0.2, 0.25) is 0 Å². The fraction of sp³-hybridized carbons (Fsp3) is 0.409. The molecule has 1 aliphatic carbocycles. The van der Waals surface area contributed by atoms with Crippen LogP contribution >= 0.6 is 11.3 Å². The van der Waals surface area contributed by atoms with Crippen molar-refractivity contribution in [3.63, 3.8) is 0 Å². The van der Waals surface area contributed by atoms with Crippen LogP contribution in [0.4, 0.5) is 5.00 Å². The number of amides is 1. The number of carbonyl (C=O) groups excluding carboxylic acids is 3. The number of anilines is 1. The molecule has 3 rings (SSSR count). The van der Waals surface area contributed by atoms with Gasteiger partial charge in [0.05, 0.1) is 12.2 Å². The Bertz CT molecular complexity index is 916. The second-order valence-corrected chi connectivity index (χ2v) is 8.30. The Morgan fingerprint density at radius 3 is 2.59 bits per heavy atom. The Morgan fingerprint density at radius 1 is 1.21 bits per heavy atom. The first-order valence-corrected chi connectivity index (χ1v) is 10.6. The summed E-state index contributed by atoms with van der Waals surface area (Å²) in [4.78, 5) is 37.4. The number of Topliss-reactive ketones (excluding diaryl/α,β-unsaturated/α-hetero) is 1. The summed E-state index contributed by atoms with van der Waals surface area (Å²) < 4.78 is 10.7. The molecule has 29 heavy (non-hydrogen) atoms. The van der Waals surface area contributed by atoms with Crippen LogP contribution in [0, 0.1) is 5.92 Å². The summed E-state index contributed by atoms with van der Waals surface area (Å²) in [6.07, 6.45) is 2.74. The van der Waals surface area contributed by atoms with Gasteiger partial charge in [0.1, 0.15) is 10.8 Å². The molecule has 7 heteroatoms. The van der Waals surface area contributed by atoms with Gasteiger partial charge in [-0.1, -0.05) is 6.92 Å². The van der Waals surface area contributed by atoms with Crippen molar-refractivity contribution >= 4 is 34.0 Å². The van der Waals surface area contributed by atoms with Gasteiger partial charge in [0.15, 0.2) is 12.4 Å². The Morgan fingerprint density at radius 2 is 1.93 bits per heavy atom. The third-order valence-electron chi connectivity index (χ3n) is 4.87. The second kappa shape index (κ2) is 9.22. The van der Waals surface area contributed by atoms with Gasteiger partial charge in [0.2, 0.25) is 0 Å². The van der Waals surface area contributed by atoms with Crippen molar-refractivity contribution in [1.82, 2.24) is 0 Å². The van der Waals surface area contributed by atoms with Gasteiger partial charge in [0.25, 0.3) is 5.91 Å². The molecule has 0 saturated carbocycles. The number of fused-ring (bicyclic) bond motifs is 1. The number of carbonyl (C=O) groups is 3. The maximum atomic E-state index is 12.5. The molecule has 0 saturated heterocycles. The first kappa shape index (κ1) is 21.0. The minimum atomic E-state index is -0.393. The number of benzene rings is 1. The van der Waals surface area contributed by atoms with E-state index >= 15 is 0 Å². The van der Waals surface area contributed by atoms with Crippen LogP contribution in [-0.2, 0) is 22.4 Å². The van der Waals surface area contributed by atoms with Crippen LogP contribution in [-0.4, -0.2) is 30.9 Å². The number of ether oxygens (including phenoxy) is 2. The van der Waals surface area contributed by atoms with Crippen molar-refractivity contribution in [2.45, 2.75) is 40.0 Å². The average molecular weight is 416 g/mol. The van der Waals surface area contributed by atoms with Gasteiger partial charge in [-0.2, -0.15) is 0 Å². The van der Waals surface area contributed by atoms with E-state index < -0.39 is 5.97 Å². The van der Waals surface area contributed by atoms with Crippen molar-refractivity contribution in [2.75, 3.05) is 18.5 Å². The predicted molar refractivity (Wildman–Crippen MR) is 112 cm³/mol. The molecule has 1 aliphatic rings. The molecule has 1 N–H and O–H groups in total. The van der Waals surface area contributed by atoms with E-state index in [0.717, 1.165) is 29.7 Å². The molecular weight excluding hydrogens is 390 g/mol. The molecule has 0 radical (unpaired) electrons. The fourth-order valence-corrected chi connectivity index (χ4v) is 4.77. The van der Waals surface area contributed by atoms with E-state index in [9.17, 15) is 14.4 Å². The molecule has 1 aromatic heterocycles. The highest BCUT2D eigenvalue weighted by atomic mass is 32.1. The first-order chi connectivity index (χ1) is 13.9. The zero-order valence-corrected chi connectivity index (χ0v) is 17.7. The SMILES string of the molecule is CCOC(=O)c1c(NC(=O)COc2ccc(C(C)=O)cc2)sc2c1CCC(C)C2. The van der Waals surface area contributed by atoms with Crippen LogP contribution in [0.15, 0.2) is 24.3 Å². The summed E-state index contributed by atoms with van der Waals surface area (Å²) in [6, 6.07) is 6.62. The molecule has 6 nitrogen and oxygen atoms in total. The summed E-state index contributed by atoms with van der Waals surface area (Å²) in [6.45, 7) is 5.54. The van der Waals surface area contributed by atoms with Gasteiger partial charge >= 0.3 is 5.97 Å². The number of nitrogens with one attached hydrogen (secondary N) is 1. The summed E-state index contributed by atoms with van der Waals surface area (Å²) in [5.41, 5.74) is 2.07. The maximum Gasteiger partial charge on any atom is 0.341 e. The van der Waals surface area contributed by atoms with Crippen molar-refractivity contribution in [3.8, 4) is 5.75 Å². The first-order valence-electron chi connectivity index (χ1n) is 9.74. The molecule has 1 heterocycles. The van der Waals surface area contributed by atoms with E-state index in [2.05, 4.69) is 12.2 Å². The van der Waals surface area contributed by atoms with Gasteiger partial charge < -0.3 is 14.8 Å². The standard InChI is InChI=1S/C22H25NO5S/c1-4-27-22(26)20-17-10-5-13(2)11-18(17)29-21(20)23-19(25)12-28-16-8-6-15(7-9-16)14(3)24/h6-9,13H,4-5,10-12H2,1-3H3,(H,23,25). The molecular formula is C22H25NO5S. The Labute approximate surface area is 174 Å². The van der Waals surface area contributed by atoms with E-state index in [-0.39, 0.29) is 24.9 Å².